The molecule has 0 saturated heterocycles. The number of rotatable bonds is 7. The molecule has 0 aliphatic rings. The van der Waals surface area contributed by atoms with Crippen molar-refractivity contribution in [1.29, 1.82) is 0 Å². The van der Waals surface area contributed by atoms with Gasteiger partial charge in [0.25, 0.3) is 6.43 Å². The van der Waals surface area contributed by atoms with Crippen molar-refractivity contribution < 1.29 is 21.9 Å². The summed E-state index contributed by atoms with van der Waals surface area (Å²) in [4.78, 5) is -0.128. The zero-order valence-electron chi connectivity index (χ0n) is 10.1. The lowest BCUT2D eigenvalue weighted by atomic mass is 10.3. The van der Waals surface area contributed by atoms with Gasteiger partial charge < -0.3 is 10.5 Å². The van der Waals surface area contributed by atoms with E-state index in [-0.39, 0.29) is 33.2 Å². The van der Waals surface area contributed by atoms with E-state index < -0.39 is 23.1 Å². The SMILES string of the molecule is Nc1cc(Cl)cc(S(=O)(=O)NCCOCC(F)F)c1Br. The van der Waals surface area contributed by atoms with Crippen molar-refractivity contribution in [3.8, 4) is 0 Å². The lowest BCUT2D eigenvalue weighted by molar-refractivity contribution is 0.0199. The van der Waals surface area contributed by atoms with Crippen LogP contribution in [-0.2, 0) is 14.8 Å². The quantitative estimate of drug-likeness (QED) is 0.550. The summed E-state index contributed by atoms with van der Waals surface area (Å²) in [6, 6.07) is 2.63. The summed E-state index contributed by atoms with van der Waals surface area (Å²) in [5, 5.41) is 0.167. The van der Waals surface area contributed by atoms with E-state index in [4.69, 9.17) is 17.3 Å². The number of sulfonamides is 1. The summed E-state index contributed by atoms with van der Waals surface area (Å²) in [6.45, 7) is -1.05. The molecular weight excluding hydrogens is 382 g/mol. The Kier molecular flexibility index (Phi) is 6.59. The van der Waals surface area contributed by atoms with Gasteiger partial charge in [0.05, 0.1) is 16.0 Å². The van der Waals surface area contributed by atoms with Crippen LogP contribution in [0.5, 0.6) is 0 Å². The monoisotopic (exact) mass is 392 g/mol. The molecule has 3 N–H and O–H groups in total. The van der Waals surface area contributed by atoms with E-state index >= 15 is 0 Å². The van der Waals surface area contributed by atoms with Gasteiger partial charge in [0.2, 0.25) is 10.0 Å². The second kappa shape index (κ2) is 7.51. The van der Waals surface area contributed by atoms with Crippen molar-refractivity contribution >= 4 is 43.2 Å². The molecule has 114 valence electrons. The average Bonchev–Trinajstić information content (AvgIpc) is 2.32. The van der Waals surface area contributed by atoms with Crippen LogP contribution >= 0.6 is 27.5 Å². The van der Waals surface area contributed by atoms with Crippen LogP contribution in [0.3, 0.4) is 0 Å². The summed E-state index contributed by atoms with van der Waals surface area (Å²) in [6.07, 6.45) is -2.59. The van der Waals surface area contributed by atoms with E-state index in [1.807, 2.05) is 0 Å². The van der Waals surface area contributed by atoms with Gasteiger partial charge in [-0.05, 0) is 28.1 Å². The Hall–Kier alpha value is -0.480. The minimum Gasteiger partial charge on any atom is -0.398 e. The molecule has 1 aromatic carbocycles. The summed E-state index contributed by atoms with van der Waals surface area (Å²) in [5.41, 5.74) is 5.77. The first-order chi connectivity index (χ1) is 9.24. The Bertz CT molecular complexity index is 572. The molecule has 0 spiro atoms. The molecule has 1 aromatic rings. The maximum atomic E-state index is 12.0. The van der Waals surface area contributed by atoms with E-state index in [0.29, 0.717) is 0 Å². The Balaban J connectivity index is 2.70. The standard InChI is InChI=1S/C10H12BrClF2N2O3S/c11-10-7(15)3-6(12)4-8(10)20(17,18)16-1-2-19-5-9(13)14/h3-4,9,16H,1-2,5,15H2. The fraction of sp³-hybridized carbons (Fsp3) is 0.400. The van der Waals surface area contributed by atoms with E-state index in [9.17, 15) is 17.2 Å². The number of nitrogens with two attached hydrogens (primary N) is 1. The number of benzene rings is 1. The molecule has 0 aliphatic carbocycles. The highest BCUT2D eigenvalue weighted by molar-refractivity contribution is 9.10. The van der Waals surface area contributed by atoms with Crippen LogP contribution in [0.1, 0.15) is 0 Å². The summed E-state index contributed by atoms with van der Waals surface area (Å²) < 4.78 is 54.5. The van der Waals surface area contributed by atoms with Crippen LogP contribution in [-0.4, -0.2) is 34.6 Å². The van der Waals surface area contributed by atoms with Crippen LogP contribution in [0.4, 0.5) is 14.5 Å². The van der Waals surface area contributed by atoms with Gasteiger partial charge in [-0.15, -0.1) is 0 Å². The van der Waals surface area contributed by atoms with Crippen LogP contribution in [0, 0.1) is 0 Å². The first-order valence-electron chi connectivity index (χ1n) is 5.34. The summed E-state index contributed by atoms with van der Waals surface area (Å²) in [7, 11) is -3.87. The number of hydrogen-bond donors (Lipinski definition) is 2. The van der Waals surface area contributed by atoms with E-state index in [2.05, 4.69) is 25.4 Å². The number of anilines is 1. The molecule has 0 atom stereocenters. The molecule has 0 radical (unpaired) electrons. The summed E-state index contributed by atoms with van der Waals surface area (Å²) in [5.74, 6) is 0. The van der Waals surface area contributed by atoms with Gasteiger partial charge in [-0.2, -0.15) is 0 Å². The third-order valence-corrected chi connectivity index (χ3v) is 4.95. The van der Waals surface area contributed by atoms with Crippen LogP contribution < -0.4 is 10.5 Å². The third kappa shape index (κ3) is 5.13. The van der Waals surface area contributed by atoms with Crippen molar-refractivity contribution in [3.05, 3.63) is 21.6 Å². The van der Waals surface area contributed by atoms with Crippen molar-refractivity contribution in [2.75, 3.05) is 25.5 Å². The van der Waals surface area contributed by atoms with Gasteiger partial charge >= 0.3 is 0 Å². The van der Waals surface area contributed by atoms with Crippen LogP contribution in [0.2, 0.25) is 5.02 Å². The van der Waals surface area contributed by atoms with Gasteiger partial charge in [0.1, 0.15) is 6.61 Å². The highest BCUT2D eigenvalue weighted by Gasteiger charge is 2.19. The van der Waals surface area contributed by atoms with Gasteiger partial charge in [-0.1, -0.05) is 11.6 Å². The molecule has 1 rings (SSSR count). The van der Waals surface area contributed by atoms with E-state index in [0.717, 1.165) is 0 Å². The minimum absolute atomic E-state index is 0.128. The van der Waals surface area contributed by atoms with Crippen molar-refractivity contribution in [1.82, 2.24) is 4.72 Å². The molecular formula is C10H12BrClF2N2O3S. The predicted octanol–water partition coefficient (Wildman–Crippen LogP) is 2.24. The highest BCUT2D eigenvalue weighted by atomic mass is 79.9. The molecule has 0 aliphatic heterocycles. The minimum atomic E-state index is -3.87. The molecule has 5 nitrogen and oxygen atoms in total. The van der Waals surface area contributed by atoms with E-state index in [1.165, 1.54) is 12.1 Å². The lowest BCUT2D eigenvalue weighted by Crippen LogP contribution is -2.28. The van der Waals surface area contributed by atoms with Crippen molar-refractivity contribution in [2.45, 2.75) is 11.3 Å². The Morgan fingerprint density at radius 1 is 1.45 bits per heavy atom. The van der Waals surface area contributed by atoms with Gasteiger partial charge in [-0.3, -0.25) is 0 Å². The van der Waals surface area contributed by atoms with Crippen LogP contribution in [0.15, 0.2) is 21.5 Å². The zero-order chi connectivity index (χ0) is 15.3. The first kappa shape index (κ1) is 17.6. The normalized spacial score (nSPS) is 12.1. The second-order valence-electron chi connectivity index (χ2n) is 3.67. The third-order valence-electron chi connectivity index (χ3n) is 2.10. The number of halogens is 4. The molecule has 0 amide bonds. The highest BCUT2D eigenvalue weighted by Crippen LogP contribution is 2.31. The topological polar surface area (TPSA) is 81.4 Å². The van der Waals surface area contributed by atoms with Gasteiger partial charge in [-0.25, -0.2) is 21.9 Å². The number of alkyl halides is 2. The Morgan fingerprint density at radius 3 is 2.70 bits per heavy atom. The predicted molar refractivity (Wildman–Crippen MR) is 75.6 cm³/mol. The van der Waals surface area contributed by atoms with Gasteiger partial charge in [0, 0.05) is 17.3 Å². The van der Waals surface area contributed by atoms with E-state index in [1.54, 1.807) is 0 Å². The lowest BCUT2D eigenvalue weighted by Gasteiger charge is -2.11. The maximum absolute atomic E-state index is 12.0. The molecule has 0 aromatic heterocycles. The van der Waals surface area contributed by atoms with Crippen molar-refractivity contribution in [3.63, 3.8) is 0 Å². The molecule has 0 unspecified atom stereocenters. The maximum Gasteiger partial charge on any atom is 0.261 e. The Labute approximate surface area is 128 Å². The fourth-order valence-electron chi connectivity index (χ4n) is 1.28. The smallest absolute Gasteiger partial charge is 0.261 e. The van der Waals surface area contributed by atoms with Crippen LogP contribution in [0.25, 0.3) is 0 Å². The molecule has 0 fully saturated rings. The molecule has 0 bridgehead atoms. The number of nitrogen functional groups attached to an aromatic ring is 1. The first-order valence-corrected chi connectivity index (χ1v) is 7.99. The molecule has 10 heteroatoms. The molecule has 0 saturated carbocycles. The largest absolute Gasteiger partial charge is 0.398 e. The van der Waals surface area contributed by atoms with Gasteiger partial charge in [0.15, 0.2) is 0 Å². The second-order valence-corrected chi connectivity index (χ2v) is 6.64. The fourth-order valence-corrected chi connectivity index (χ4v) is 3.58. The number of hydrogen-bond acceptors (Lipinski definition) is 4. The molecule has 0 heterocycles. The van der Waals surface area contributed by atoms with Crippen molar-refractivity contribution in [2.24, 2.45) is 0 Å². The number of ether oxygens (including phenoxy) is 1. The number of nitrogens with one attached hydrogen (secondary N) is 1. The molecule has 20 heavy (non-hydrogen) atoms. The average molecular weight is 394 g/mol. The Morgan fingerprint density at radius 2 is 2.10 bits per heavy atom. The zero-order valence-corrected chi connectivity index (χ0v) is 13.2. The summed E-state index contributed by atoms with van der Waals surface area (Å²) >= 11 is 8.80.